The van der Waals surface area contributed by atoms with E-state index in [1.807, 2.05) is 12.1 Å². The molecule has 0 unspecified atom stereocenters. The van der Waals surface area contributed by atoms with Crippen molar-refractivity contribution < 1.29 is 12.6 Å². The normalized spacial score (nSPS) is 12.7. The highest BCUT2D eigenvalue weighted by Crippen LogP contribution is 2.23. The van der Waals surface area contributed by atoms with Gasteiger partial charge in [-0.2, -0.15) is 8.42 Å². The molecule has 0 radical (unpaired) electrons. The van der Waals surface area contributed by atoms with Crippen molar-refractivity contribution in [2.75, 3.05) is 13.2 Å². The first-order valence-electron chi connectivity index (χ1n) is 5.97. The van der Waals surface area contributed by atoms with Crippen LogP contribution in [0.5, 0.6) is 0 Å². The predicted molar refractivity (Wildman–Crippen MR) is 72.0 cm³/mol. The van der Waals surface area contributed by atoms with E-state index < -0.39 is 10.1 Å². The first kappa shape index (κ1) is 15.1. The summed E-state index contributed by atoms with van der Waals surface area (Å²) in [6.45, 7) is 6.77. The Balaban J connectivity index is 2.85. The molecule has 5 heteroatoms. The Morgan fingerprint density at radius 3 is 2.17 bits per heavy atom. The van der Waals surface area contributed by atoms with E-state index in [1.165, 1.54) is 0 Å². The van der Waals surface area contributed by atoms with Crippen molar-refractivity contribution in [3.05, 3.63) is 29.8 Å². The van der Waals surface area contributed by atoms with Crippen molar-refractivity contribution in [1.82, 2.24) is 0 Å². The summed E-state index contributed by atoms with van der Waals surface area (Å²) in [5.74, 6) is 0. The third-order valence-corrected chi connectivity index (χ3v) is 3.92. The van der Waals surface area contributed by atoms with E-state index in [2.05, 4.69) is 20.8 Å². The topological polar surface area (TPSA) is 69.4 Å². The monoisotopic (exact) mass is 271 g/mol. The maximum atomic E-state index is 11.8. The quantitative estimate of drug-likeness (QED) is 0.657. The molecule has 0 aliphatic rings. The van der Waals surface area contributed by atoms with Crippen LogP contribution < -0.4 is 5.73 Å². The van der Waals surface area contributed by atoms with Crippen LogP contribution >= 0.6 is 0 Å². The van der Waals surface area contributed by atoms with Crippen molar-refractivity contribution in [2.24, 2.45) is 5.73 Å². The smallest absolute Gasteiger partial charge is 0.296 e. The average Bonchev–Trinajstić information content (AvgIpc) is 2.28. The van der Waals surface area contributed by atoms with E-state index >= 15 is 0 Å². The Labute approximate surface area is 109 Å². The van der Waals surface area contributed by atoms with Crippen LogP contribution in [-0.2, 0) is 19.7 Å². The van der Waals surface area contributed by atoms with Gasteiger partial charge in [-0.05, 0) is 36.1 Å². The standard InChI is InChI=1S/C13H21NO3S/c1-13(2,3)11-5-7-12(8-6-11)18(15,16)17-10-4-9-14/h5-8H,4,9-10,14H2,1-3H3. The highest BCUT2D eigenvalue weighted by molar-refractivity contribution is 7.86. The SMILES string of the molecule is CC(C)(C)c1ccc(S(=O)(=O)OCCCN)cc1. The Hall–Kier alpha value is -0.910. The first-order chi connectivity index (χ1) is 8.27. The van der Waals surface area contributed by atoms with Gasteiger partial charge in [-0.3, -0.25) is 4.18 Å². The van der Waals surface area contributed by atoms with E-state index in [0.29, 0.717) is 13.0 Å². The van der Waals surface area contributed by atoms with Gasteiger partial charge in [0.05, 0.1) is 11.5 Å². The Kier molecular flexibility index (Phi) is 4.90. The van der Waals surface area contributed by atoms with Crippen LogP contribution in [0.15, 0.2) is 29.2 Å². The fourth-order valence-corrected chi connectivity index (χ4v) is 2.38. The second kappa shape index (κ2) is 5.82. The molecule has 102 valence electrons. The maximum Gasteiger partial charge on any atom is 0.296 e. The summed E-state index contributed by atoms with van der Waals surface area (Å²) in [4.78, 5) is 0.188. The van der Waals surface area contributed by atoms with E-state index in [9.17, 15) is 8.42 Å². The van der Waals surface area contributed by atoms with Gasteiger partial charge in [-0.15, -0.1) is 0 Å². The van der Waals surface area contributed by atoms with Crippen molar-refractivity contribution in [1.29, 1.82) is 0 Å². The second-order valence-corrected chi connectivity index (χ2v) is 6.81. The van der Waals surface area contributed by atoms with Gasteiger partial charge in [0, 0.05) is 0 Å². The molecule has 0 amide bonds. The van der Waals surface area contributed by atoms with E-state index in [1.54, 1.807) is 12.1 Å². The molecular formula is C13H21NO3S. The average molecular weight is 271 g/mol. The summed E-state index contributed by atoms with van der Waals surface area (Å²) in [6, 6.07) is 6.80. The second-order valence-electron chi connectivity index (χ2n) is 5.19. The fourth-order valence-electron chi connectivity index (χ4n) is 1.44. The van der Waals surface area contributed by atoms with Crippen molar-refractivity contribution in [2.45, 2.75) is 37.5 Å². The highest BCUT2D eigenvalue weighted by Gasteiger charge is 2.17. The van der Waals surface area contributed by atoms with E-state index in [4.69, 9.17) is 9.92 Å². The molecule has 0 aliphatic carbocycles. The van der Waals surface area contributed by atoms with Crippen molar-refractivity contribution >= 4 is 10.1 Å². The maximum absolute atomic E-state index is 11.8. The summed E-state index contributed by atoms with van der Waals surface area (Å²) in [5.41, 5.74) is 6.38. The molecule has 0 atom stereocenters. The lowest BCUT2D eigenvalue weighted by Gasteiger charge is -2.19. The summed E-state index contributed by atoms with van der Waals surface area (Å²) in [5, 5.41) is 0. The van der Waals surface area contributed by atoms with Crippen LogP contribution in [-0.4, -0.2) is 21.6 Å². The molecule has 0 bridgehead atoms. The van der Waals surface area contributed by atoms with E-state index in [-0.39, 0.29) is 16.9 Å². The number of benzene rings is 1. The van der Waals surface area contributed by atoms with Crippen LogP contribution in [0.4, 0.5) is 0 Å². The molecule has 18 heavy (non-hydrogen) atoms. The molecule has 0 aliphatic heterocycles. The van der Waals surface area contributed by atoms with Crippen LogP contribution in [0, 0.1) is 0 Å². The Morgan fingerprint density at radius 1 is 1.17 bits per heavy atom. The van der Waals surface area contributed by atoms with Gasteiger partial charge in [0.1, 0.15) is 0 Å². The zero-order valence-electron chi connectivity index (χ0n) is 11.1. The highest BCUT2D eigenvalue weighted by atomic mass is 32.2. The molecule has 4 nitrogen and oxygen atoms in total. The summed E-state index contributed by atoms with van der Waals surface area (Å²) in [6.07, 6.45) is 0.527. The number of rotatable bonds is 5. The van der Waals surface area contributed by atoms with Crippen LogP contribution in [0.2, 0.25) is 0 Å². The number of hydrogen-bond donors (Lipinski definition) is 1. The third-order valence-electron chi connectivity index (χ3n) is 2.60. The molecule has 0 spiro atoms. The molecule has 1 aromatic carbocycles. The minimum Gasteiger partial charge on any atom is -0.330 e. The summed E-state index contributed by atoms with van der Waals surface area (Å²) in [7, 11) is -3.65. The lowest BCUT2D eigenvalue weighted by atomic mass is 9.87. The number of nitrogens with two attached hydrogens (primary N) is 1. The van der Waals surface area contributed by atoms with Gasteiger partial charge in [0.25, 0.3) is 10.1 Å². The summed E-state index contributed by atoms with van der Waals surface area (Å²) < 4.78 is 28.5. The molecular weight excluding hydrogens is 250 g/mol. The molecule has 0 saturated carbocycles. The van der Waals surface area contributed by atoms with Gasteiger partial charge in [-0.25, -0.2) is 0 Å². The van der Waals surface area contributed by atoms with Crippen molar-refractivity contribution in [3.8, 4) is 0 Å². The van der Waals surface area contributed by atoms with Gasteiger partial charge >= 0.3 is 0 Å². The van der Waals surface area contributed by atoms with Gasteiger partial charge in [-0.1, -0.05) is 32.9 Å². The zero-order chi connectivity index (χ0) is 13.8. The van der Waals surface area contributed by atoms with Crippen LogP contribution in [0.25, 0.3) is 0 Å². The molecule has 1 rings (SSSR count). The predicted octanol–water partition coefficient (Wildman–Crippen LogP) is 2.04. The fraction of sp³-hybridized carbons (Fsp3) is 0.538. The van der Waals surface area contributed by atoms with Crippen LogP contribution in [0.1, 0.15) is 32.8 Å². The van der Waals surface area contributed by atoms with Gasteiger partial charge < -0.3 is 5.73 Å². The van der Waals surface area contributed by atoms with Crippen molar-refractivity contribution in [3.63, 3.8) is 0 Å². The largest absolute Gasteiger partial charge is 0.330 e. The van der Waals surface area contributed by atoms with E-state index in [0.717, 1.165) is 5.56 Å². The third kappa shape index (κ3) is 4.08. The zero-order valence-corrected chi connectivity index (χ0v) is 12.0. The lowest BCUT2D eigenvalue weighted by molar-refractivity contribution is 0.314. The molecule has 0 fully saturated rings. The van der Waals surface area contributed by atoms with Gasteiger partial charge in [0.15, 0.2) is 0 Å². The summed E-state index contributed by atoms with van der Waals surface area (Å²) >= 11 is 0. The molecule has 1 aromatic rings. The molecule has 0 aromatic heterocycles. The Bertz CT molecular complexity index is 472. The lowest BCUT2D eigenvalue weighted by Crippen LogP contribution is -2.13. The minimum atomic E-state index is -3.65. The Morgan fingerprint density at radius 2 is 1.72 bits per heavy atom. The number of hydrogen-bond acceptors (Lipinski definition) is 4. The first-order valence-corrected chi connectivity index (χ1v) is 7.38. The molecule has 0 heterocycles. The van der Waals surface area contributed by atoms with Gasteiger partial charge in [0.2, 0.25) is 0 Å². The van der Waals surface area contributed by atoms with Crippen LogP contribution in [0.3, 0.4) is 0 Å². The molecule has 2 N–H and O–H groups in total. The minimum absolute atomic E-state index is 0.00268. The molecule has 0 saturated heterocycles.